The van der Waals surface area contributed by atoms with Crippen LogP contribution in [0.5, 0.6) is 5.75 Å². The topological polar surface area (TPSA) is 111 Å². The molecule has 2 N–H and O–H groups in total. The number of furan rings is 1. The number of carbonyl (C=O) groups excluding carboxylic acids is 3. The molecule has 8 nitrogen and oxygen atoms in total. The first-order valence-electron chi connectivity index (χ1n) is 8.57. The highest BCUT2D eigenvalue weighted by Crippen LogP contribution is 2.29. The largest absolute Gasteiger partial charge is 0.495 e. The van der Waals surface area contributed by atoms with Crippen molar-refractivity contribution in [3.63, 3.8) is 0 Å². The number of aromatic nitrogens is 1. The molecule has 3 amide bonds. The summed E-state index contributed by atoms with van der Waals surface area (Å²) < 4.78 is 11.1. The van der Waals surface area contributed by atoms with E-state index in [1.807, 2.05) is 6.07 Å². The van der Waals surface area contributed by atoms with Crippen molar-refractivity contribution >= 4 is 51.5 Å². The van der Waals surface area contributed by atoms with Gasteiger partial charge in [-0.25, -0.2) is 0 Å². The third kappa shape index (κ3) is 3.99. The Kier molecular flexibility index (Phi) is 5.05. The van der Waals surface area contributed by atoms with Crippen LogP contribution in [0, 0.1) is 0 Å². The summed E-state index contributed by atoms with van der Waals surface area (Å²) in [6.45, 7) is 0. The van der Waals surface area contributed by atoms with Crippen molar-refractivity contribution in [3.05, 3.63) is 59.0 Å². The van der Waals surface area contributed by atoms with Gasteiger partial charge in [-0.15, -0.1) is 0 Å². The van der Waals surface area contributed by atoms with Crippen LogP contribution < -0.4 is 15.4 Å². The normalized spacial score (nSPS) is 15.0. The minimum atomic E-state index is -0.463. The van der Waals surface area contributed by atoms with Crippen molar-refractivity contribution in [1.82, 2.24) is 10.3 Å². The molecular formula is C20H15N3O5S. The maximum atomic E-state index is 12.5. The summed E-state index contributed by atoms with van der Waals surface area (Å²) in [6.07, 6.45) is 4.70. The van der Waals surface area contributed by atoms with Crippen molar-refractivity contribution in [2.24, 2.45) is 0 Å². The SMILES string of the molecule is COc1ccccc1NC(=O)Cc1cncc2cc(/C=C3\SC(=O)NC3=O)oc12. The summed E-state index contributed by atoms with van der Waals surface area (Å²) in [5.74, 6) is 0.240. The van der Waals surface area contributed by atoms with Crippen LogP contribution in [-0.2, 0) is 16.0 Å². The van der Waals surface area contributed by atoms with Gasteiger partial charge in [-0.3, -0.25) is 24.7 Å². The molecule has 0 saturated carbocycles. The number of benzene rings is 1. The molecule has 29 heavy (non-hydrogen) atoms. The number of anilines is 1. The summed E-state index contributed by atoms with van der Waals surface area (Å²) in [4.78, 5) is 39.9. The second kappa shape index (κ2) is 7.80. The predicted molar refractivity (Wildman–Crippen MR) is 108 cm³/mol. The van der Waals surface area contributed by atoms with Crippen LogP contribution in [0.3, 0.4) is 0 Å². The number of methoxy groups -OCH3 is 1. The fourth-order valence-corrected chi connectivity index (χ4v) is 3.56. The van der Waals surface area contributed by atoms with Crippen molar-refractivity contribution in [1.29, 1.82) is 0 Å². The van der Waals surface area contributed by atoms with E-state index in [9.17, 15) is 14.4 Å². The summed E-state index contributed by atoms with van der Waals surface area (Å²) in [5.41, 5.74) is 1.66. The Hall–Kier alpha value is -3.59. The van der Waals surface area contributed by atoms with Crippen LogP contribution in [-0.4, -0.2) is 29.1 Å². The second-order valence-corrected chi connectivity index (χ2v) is 7.16. The monoisotopic (exact) mass is 409 g/mol. The lowest BCUT2D eigenvalue weighted by Crippen LogP contribution is -2.17. The summed E-state index contributed by atoms with van der Waals surface area (Å²) in [5, 5.41) is 5.27. The number of nitrogens with one attached hydrogen (secondary N) is 2. The molecule has 0 atom stereocenters. The number of amides is 3. The number of carbonyl (C=O) groups is 3. The fourth-order valence-electron chi connectivity index (χ4n) is 2.90. The van der Waals surface area contributed by atoms with E-state index in [4.69, 9.17) is 9.15 Å². The van der Waals surface area contributed by atoms with Crippen molar-refractivity contribution in [2.75, 3.05) is 12.4 Å². The molecule has 3 aromatic rings. The molecule has 1 fully saturated rings. The Balaban J connectivity index is 1.57. The van der Waals surface area contributed by atoms with Crippen molar-refractivity contribution < 1.29 is 23.5 Å². The van der Waals surface area contributed by atoms with Gasteiger partial charge in [-0.05, 0) is 30.0 Å². The first-order valence-corrected chi connectivity index (χ1v) is 9.39. The van der Waals surface area contributed by atoms with Gasteiger partial charge in [0.1, 0.15) is 17.1 Å². The number of hydrogen-bond donors (Lipinski definition) is 2. The van der Waals surface area contributed by atoms with Crippen LogP contribution in [0.4, 0.5) is 10.5 Å². The van der Waals surface area contributed by atoms with Crippen LogP contribution in [0.1, 0.15) is 11.3 Å². The maximum Gasteiger partial charge on any atom is 0.290 e. The van der Waals surface area contributed by atoms with Gasteiger partial charge < -0.3 is 14.5 Å². The van der Waals surface area contributed by atoms with Crippen molar-refractivity contribution in [2.45, 2.75) is 6.42 Å². The summed E-state index contributed by atoms with van der Waals surface area (Å²) >= 11 is 0.808. The Morgan fingerprint density at radius 1 is 1.31 bits per heavy atom. The number of nitrogens with zero attached hydrogens (tertiary/aromatic N) is 1. The first kappa shape index (κ1) is 18.8. The standard InChI is InChI=1S/C20H15N3O5S/c1-27-15-5-3-2-4-14(15)22-17(24)7-12-10-21-9-11-6-13(28-18(11)12)8-16-19(25)23-20(26)29-16/h2-6,8-10H,7H2,1H3,(H,22,24)(H,23,25,26)/b16-8-. The minimum Gasteiger partial charge on any atom is -0.495 e. The third-order valence-corrected chi connectivity index (χ3v) is 4.97. The Morgan fingerprint density at radius 3 is 2.90 bits per heavy atom. The predicted octanol–water partition coefficient (Wildman–Crippen LogP) is 3.34. The molecule has 1 aromatic carbocycles. The van der Waals surface area contributed by atoms with Gasteiger partial charge in [-0.2, -0.15) is 0 Å². The smallest absolute Gasteiger partial charge is 0.290 e. The second-order valence-electron chi connectivity index (χ2n) is 6.14. The van der Waals surface area contributed by atoms with E-state index in [1.54, 1.807) is 36.7 Å². The van der Waals surface area contributed by atoms with E-state index in [0.717, 1.165) is 11.8 Å². The number of para-hydroxylation sites is 2. The molecule has 3 heterocycles. The van der Waals surface area contributed by atoms with E-state index < -0.39 is 11.1 Å². The van der Waals surface area contributed by atoms with Crippen LogP contribution in [0.25, 0.3) is 17.0 Å². The molecule has 0 aliphatic carbocycles. The molecule has 0 bridgehead atoms. The summed E-state index contributed by atoms with van der Waals surface area (Å²) in [7, 11) is 1.53. The van der Waals surface area contributed by atoms with Crippen molar-refractivity contribution in [3.8, 4) is 5.75 Å². The average Bonchev–Trinajstić information content (AvgIpc) is 3.25. The molecule has 0 unspecified atom stereocenters. The Morgan fingerprint density at radius 2 is 2.14 bits per heavy atom. The van der Waals surface area contributed by atoms with Crippen LogP contribution in [0.2, 0.25) is 0 Å². The van der Waals surface area contributed by atoms with Gasteiger partial charge in [0.2, 0.25) is 5.91 Å². The quantitative estimate of drug-likeness (QED) is 0.622. The molecule has 0 radical (unpaired) electrons. The van der Waals surface area contributed by atoms with Crippen LogP contribution >= 0.6 is 11.8 Å². The molecule has 9 heteroatoms. The van der Waals surface area contributed by atoms with Gasteiger partial charge in [0.15, 0.2) is 0 Å². The zero-order chi connectivity index (χ0) is 20.4. The molecule has 4 rings (SSSR count). The number of hydrogen-bond acceptors (Lipinski definition) is 7. The van der Waals surface area contributed by atoms with Gasteiger partial charge in [-0.1, -0.05) is 12.1 Å². The van der Waals surface area contributed by atoms with Gasteiger partial charge in [0.05, 0.1) is 24.1 Å². The molecular weight excluding hydrogens is 394 g/mol. The number of rotatable bonds is 5. The highest BCUT2D eigenvalue weighted by molar-refractivity contribution is 8.18. The Labute approximate surface area is 169 Å². The van der Waals surface area contributed by atoms with Gasteiger partial charge >= 0.3 is 0 Å². The molecule has 1 aliphatic heterocycles. The zero-order valence-corrected chi connectivity index (χ0v) is 16.0. The third-order valence-electron chi connectivity index (χ3n) is 4.16. The van der Waals surface area contributed by atoms with E-state index in [1.165, 1.54) is 13.2 Å². The first-order chi connectivity index (χ1) is 14.0. The van der Waals surface area contributed by atoms with Gasteiger partial charge in [0.25, 0.3) is 11.1 Å². The number of pyridine rings is 1. The van der Waals surface area contributed by atoms with Gasteiger partial charge in [0, 0.05) is 29.4 Å². The molecule has 146 valence electrons. The Bertz CT molecular complexity index is 1170. The fraction of sp³-hybridized carbons (Fsp3) is 0.100. The number of thioether (sulfide) groups is 1. The zero-order valence-electron chi connectivity index (χ0n) is 15.2. The molecule has 0 spiro atoms. The number of imide groups is 1. The van der Waals surface area contributed by atoms with E-state index >= 15 is 0 Å². The number of ether oxygens (including phenoxy) is 1. The highest BCUT2D eigenvalue weighted by atomic mass is 32.2. The number of fused-ring (bicyclic) bond motifs is 1. The van der Waals surface area contributed by atoms with E-state index in [-0.39, 0.29) is 17.2 Å². The van der Waals surface area contributed by atoms with Crippen LogP contribution in [0.15, 0.2) is 52.0 Å². The van der Waals surface area contributed by atoms with E-state index in [0.29, 0.717) is 33.7 Å². The average molecular weight is 409 g/mol. The molecule has 1 aliphatic rings. The molecule has 1 saturated heterocycles. The minimum absolute atomic E-state index is 0.0413. The summed E-state index contributed by atoms with van der Waals surface area (Å²) in [6, 6.07) is 8.82. The highest BCUT2D eigenvalue weighted by Gasteiger charge is 2.25. The lowest BCUT2D eigenvalue weighted by molar-refractivity contribution is -0.116. The lowest BCUT2D eigenvalue weighted by atomic mass is 10.1. The molecule has 2 aromatic heterocycles. The maximum absolute atomic E-state index is 12.5. The van der Waals surface area contributed by atoms with E-state index in [2.05, 4.69) is 15.6 Å². The lowest BCUT2D eigenvalue weighted by Gasteiger charge is -2.09.